The van der Waals surface area contributed by atoms with Crippen molar-refractivity contribution in [2.45, 2.75) is 63.5 Å². The van der Waals surface area contributed by atoms with Gasteiger partial charge in [0.25, 0.3) is 0 Å². The molecule has 4 nitrogen and oxygen atoms in total. The minimum atomic E-state index is 0.472. The number of hydrogen-bond donors (Lipinski definition) is 1. The molecule has 0 amide bonds. The van der Waals surface area contributed by atoms with Gasteiger partial charge in [0, 0.05) is 11.8 Å². The predicted octanol–water partition coefficient (Wildman–Crippen LogP) is 2.67. The van der Waals surface area contributed by atoms with Crippen LogP contribution in [0.2, 0.25) is 0 Å². The van der Waals surface area contributed by atoms with Gasteiger partial charge in [0.15, 0.2) is 5.16 Å². The number of thioether (sulfide) groups is 1. The van der Waals surface area contributed by atoms with Crippen LogP contribution in [0, 0.1) is 11.8 Å². The van der Waals surface area contributed by atoms with Gasteiger partial charge in [-0.3, -0.25) is 0 Å². The zero-order valence-electron chi connectivity index (χ0n) is 11.6. The lowest BCUT2D eigenvalue weighted by Gasteiger charge is -2.31. The third kappa shape index (κ3) is 2.88. The second-order valence-electron chi connectivity index (χ2n) is 5.35. The molecule has 18 heavy (non-hydrogen) atoms. The van der Waals surface area contributed by atoms with Crippen molar-refractivity contribution in [2.24, 2.45) is 17.6 Å². The largest absolute Gasteiger partial charge is 0.324 e. The minimum absolute atomic E-state index is 0.472. The summed E-state index contributed by atoms with van der Waals surface area (Å²) in [5.74, 6) is 2.59. The number of nitrogens with two attached hydrogens (primary N) is 1. The lowest BCUT2D eigenvalue weighted by Crippen LogP contribution is -2.22. The van der Waals surface area contributed by atoms with E-state index in [4.69, 9.17) is 5.73 Å². The normalized spacial score (nSPS) is 28.6. The lowest BCUT2D eigenvalue weighted by atomic mass is 9.81. The number of nitrogens with zero attached hydrogens (tertiary/aromatic N) is 3. The van der Waals surface area contributed by atoms with Crippen molar-refractivity contribution in [1.82, 2.24) is 14.8 Å². The average molecular weight is 268 g/mol. The van der Waals surface area contributed by atoms with Gasteiger partial charge in [0.2, 0.25) is 0 Å². The molecule has 0 aromatic carbocycles. The average Bonchev–Trinajstić information content (AvgIpc) is 2.75. The van der Waals surface area contributed by atoms with E-state index in [0.717, 1.165) is 29.4 Å². The van der Waals surface area contributed by atoms with E-state index in [9.17, 15) is 0 Å². The first-order valence-corrected chi connectivity index (χ1v) is 7.82. The molecule has 1 aromatic heterocycles. The summed E-state index contributed by atoms with van der Waals surface area (Å²) in [6.45, 7) is 8.23. The first-order chi connectivity index (χ1) is 8.65. The summed E-state index contributed by atoms with van der Waals surface area (Å²) in [5.41, 5.74) is 5.68. The van der Waals surface area contributed by atoms with Gasteiger partial charge in [-0.2, -0.15) is 0 Å². The Balaban J connectivity index is 2.03. The van der Waals surface area contributed by atoms with Crippen molar-refractivity contribution in [3.05, 3.63) is 5.82 Å². The summed E-state index contributed by atoms with van der Waals surface area (Å²) in [6, 6.07) is 0. The summed E-state index contributed by atoms with van der Waals surface area (Å²) in [6.07, 6.45) is 3.92. The van der Waals surface area contributed by atoms with Crippen LogP contribution in [0.25, 0.3) is 0 Å². The SMILES string of the molecule is CCn1c(CN)nnc1SC1CCC(C)C(C)C1. The molecular weight excluding hydrogens is 244 g/mol. The number of aromatic nitrogens is 3. The topological polar surface area (TPSA) is 56.7 Å². The van der Waals surface area contributed by atoms with Gasteiger partial charge in [-0.25, -0.2) is 0 Å². The maximum atomic E-state index is 5.68. The van der Waals surface area contributed by atoms with Crippen LogP contribution in [-0.4, -0.2) is 20.0 Å². The molecule has 1 aromatic rings. The molecule has 0 bridgehead atoms. The van der Waals surface area contributed by atoms with Crippen LogP contribution in [0.4, 0.5) is 0 Å². The number of hydrogen-bond acceptors (Lipinski definition) is 4. The van der Waals surface area contributed by atoms with Crippen LogP contribution in [0.15, 0.2) is 5.16 Å². The van der Waals surface area contributed by atoms with Gasteiger partial charge < -0.3 is 10.3 Å². The van der Waals surface area contributed by atoms with Crippen LogP contribution in [-0.2, 0) is 13.1 Å². The molecule has 5 heteroatoms. The standard InChI is InChI=1S/C13H24N4S/c1-4-17-12(8-14)15-16-13(17)18-11-6-5-9(2)10(3)7-11/h9-11H,4-8,14H2,1-3H3. The predicted molar refractivity (Wildman–Crippen MR) is 75.4 cm³/mol. The van der Waals surface area contributed by atoms with Crippen LogP contribution in [0.3, 0.4) is 0 Å². The molecule has 1 fully saturated rings. The van der Waals surface area contributed by atoms with E-state index in [0.29, 0.717) is 11.8 Å². The fourth-order valence-electron chi connectivity index (χ4n) is 2.63. The molecule has 1 aliphatic carbocycles. The molecular formula is C13H24N4S. The fourth-order valence-corrected chi connectivity index (χ4v) is 4.03. The van der Waals surface area contributed by atoms with Crippen molar-refractivity contribution >= 4 is 11.8 Å². The molecule has 1 aliphatic rings. The van der Waals surface area contributed by atoms with Gasteiger partial charge in [0.1, 0.15) is 5.82 Å². The Morgan fingerprint density at radius 3 is 2.67 bits per heavy atom. The van der Waals surface area contributed by atoms with E-state index in [2.05, 4.69) is 35.5 Å². The van der Waals surface area contributed by atoms with Crippen molar-refractivity contribution in [2.75, 3.05) is 0 Å². The molecule has 102 valence electrons. The maximum Gasteiger partial charge on any atom is 0.191 e. The summed E-state index contributed by atoms with van der Waals surface area (Å²) in [4.78, 5) is 0. The van der Waals surface area contributed by atoms with Crippen LogP contribution in [0.5, 0.6) is 0 Å². The highest BCUT2D eigenvalue weighted by Gasteiger charge is 2.26. The Labute approximate surface area is 114 Å². The van der Waals surface area contributed by atoms with E-state index in [1.54, 1.807) is 0 Å². The molecule has 1 saturated carbocycles. The quantitative estimate of drug-likeness (QED) is 0.912. The summed E-state index contributed by atoms with van der Waals surface area (Å²) < 4.78 is 2.15. The lowest BCUT2D eigenvalue weighted by molar-refractivity contribution is 0.283. The Hall–Kier alpha value is -0.550. The van der Waals surface area contributed by atoms with Gasteiger partial charge in [-0.1, -0.05) is 25.6 Å². The Morgan fingerprint density at radius 1 is 1.28 bits per heavy atom. The zero-order valence-corrected chi connectivity index (χ0v) is 12.4. The highest BCUT2D eigenvalue weighted by atomic mass is 32.2. The van der Waals surface area contributed by atoms with E-state index in [1.807, 2.05) is 11.8 Å². The van der Waals surface area contributed by atoms with E-state index in [-0.39, 0.29) is 0 Å². The van der Waals surface area contributed by atoms with E-state index >= 15 is 0 Å². The van der Waals surface area contributed by atoms with Gasteiger partial charge >= 0.3 is 0 Å². The van der Waals surface area contributed by atoms with Crippen molar-refractivity contribution in [3.8, 4) is 0 Å². The summed E-state index contributed by atoms with van der Waals surface area (Å²) in [7, 11) is 0. The van der Waals surface area contributed by atoms with Crippen LogP contribution in [0.1, 0.15) is 45.9 Å². The van der Waals surface area contributed by atoms with E-state index < -0.39 is 0 Å². The first-order valence-electron chi connectivity index (χ1n) is 6.94. The fraction of sp³-hybridized carbons (Fsp3) is 0.846. The second kappa shape index (κ2) is 6.06. The Morgan fingerprint density at radius 2 is 2.06 bits per heavy atom. The molecule has 1 heterocycles. The van der Waals surface area contributed by atoms with Crippen LogP contribution >= 0.6 is 11.8 Å². The first kappa shape index (κ1) is 13.9. The Bertz CT molecular complexity index is 390. The second-order valence-corrected chi connectivity index (χ2v) is 6.62. The molecule has 2 N–H and O–H groups in total. The molecule has 3 atom stereocenters. The Kier molecular flexibility index (Phi) is 4.67. The maximum absolute atomic E-state index is 5.68. The molecule has 2 rings (SSSR count). The molecule has 3 unspecified atom stereocenters. The molecule has 0 aliphatic heterocycles. The molecule has 0 radical (unpaired) electrons. The van der Waals surface area contributed by atoms with E-state index in [1.165, 1.54) is 19.3 Å². The number of rotatable bonds is 4. The van der Waals surface area contributed by atoms with Gasteiger partial charge in [-0.05, 0) is 38.0 Å². The minimum Gasteiger partial charge on any atom is -0.324 e. The molecule has 0 spiro atoms. The van der Waals surface area contributed by atoms with Crippen LogP contribution < -0.4 is 5.73 Å². The van der Waals surface area contributed by atoms with Crippen molar-refractivity contribution in [1.29, 1.82) is 0 Å². The monoisotopic (exact) mass is 268 g/mol. The highest BCUT2D eigenvalue weighted by Crippen LogP contribution is 2.38. The smallest absolute Gasteiger partial charge is 0.191 e. The van der Waals surface area contributed by atoms with Gasteiger partial charge in [0.05, 0.1) is 6.54 Å². The van der Waals surface area contributed by atoms with Gasteiger partial charge in [-0.15, -0.1) is 10.2 Å². The summed E-state index contributed by atoms with van der Waals surface area (Å²) in [5, 5.41) is 10.2. The third-order valence-electron chi connectivity index (χ3n) is 4.11. The zero-order chi connectivity index (χ0) is 13.1. The third-order valence-corrected chi connectivity index (χ3v) is 5.39. The summed E-state index contributed by atoms with van der Waals surface area (Å²) >= 11 is 1.89. The van der Waals surface area contributed by atoms with Crippen molar-refractivity contribution < 1.29 is 0 Å². The molecule has 0 saturated heterocycles. The highest BCUT2D eigenvalue weighted by molar-refractivity contribution is 7.99. The van der Waals surface area contributed by atoms with Crippen molar-refractivity contribution in [3.63, 3.8) is 0 Å².